The van der Waals surface area contributed by atoms with E-state index in [1.165, 1.54) is 18.4 Å². The fourth-order valence-corrected chi connectivity index (χ4v) is 3.29. The predicted octanol–water partition coefficient (Wildman–Crippen LogP) is 5.40. The van der Waals surface area contributed by atoms with Gasteiger partial charge in [-0.05, 0) is 42.3 Å². The van der Waals surface area contributed by atoms with E-state index in [4.69, 9.17) is 10.2 Å². The van der Waals surface area contributed by atoms with Crippen molar-refractivity contribution < 1.29 is 26.5 Å². The average Bonchev–Trinajstić information content (AvgIpc) is 3.45. The number of oxazole rings is 1. The van der Waals surface area contributed by atoms with Gasteiger partial charge in [0.1, 0.15) is 12.1 Å². The molecule has 0 saturated carbocycles. The molecular weight excluding hydrogens is 440 g/mol. The fraction of sp³-hybridized carbons (Fsp3) is 0.261. The zero-order valence-electron chi connectivity index (χ0n) is 17.7. The van der Waals surface area contributed by atoms with Crippen molar-refractivity contribution in [3.63, 3.8) is 0 Å². The molecule has 0 saturated heterocycles. The van der Waals surface area contributed by atoms with Crippen LogP contribution in [-0.2, 0) is 18.0 Å². The van der Waals surface area contributed by atoms with Crippen LogP contribution in [0.15, 0.2) is 63.7 Å². The predicted molar refractivity (Wildman–Crippen MR) is 111 cm³/mol. The molecule has 4 rings (SSSR count). The Balaban J connectivity index is 1.52. The summed E-state index contributed by atoms with van der Waals surface area (Å²) in [6.07, 6.45) is -2.78. The molecule has 2 N–H and O–H groups in total. The molecule has 0 amide bonds. The maximum absolute atomic E-state index is 13.2. The summed E-state index contributed by atoms with van der Waals surface area (Å²) in [5, 5.41) is 3.42. The normalized spacial score (nSPS) is 13.3. The Hall–Kier alpha value is -3.53. The van der Waals surface area contributed by atoms with Gasteiger partial charge in [-0.15, -0.1) is 0 Å². The lowest BCUT2D eigenvalue weighted by molar-refractivity contribution is -0.159. The summed E-state index contributed by atoms with van der Waals surface area (Å²) in [7, 11) is 0. The average molecular weight is 460 g/mol. The van der Waals surface area contributed by atoms with E-state index in [0.29, 0.717) is 29.1 Å². The molecule has 1 unspecified atom stereocenters. The number of aromatic nitrogens is 3. The zero-order valence-corrected chi connectivity index (χ0v) is 17.7. The molecule has 1 atom stereocenters. The van der Waals surface area contributed by atoms with E-state index in [2.05, 4.69) is 19.6 Å². The van der Waals surface area contributed by atoms with Crippen LogP contribution in [0.5, 0.6) is 0 Å². The second-order valence-electron chi connectivity index (χ2n) is 8.20. The molecule has 10 heteroatoms. The quantitative estimate of drug-likeness (QED) is 0.388. The van der Waals surface area contributed by atoms with Crippen LogP contribution in [-0.4, -0.2) is 21.2 Å². The van der Waals surface area contributed by atoms with E-state index < -0.39 is 23.5 Å². The lowest BCUT2D eigenvalue weighted by Gasteiger charge is -2.29. The maximum atomic E-state index is 13.2. The molecule has 0 bridgehead atoms. The van der Waals surface area contributed by atoms with Crippen molar-refractivity contribution in [1.82, 2.24) is 15.1 Å². The Morgan fingerprint density at radius 3 is 2.39 bits per heavy atom. The van der Waals surface area contributed by atoms with Gasteiger partial charge in [0.25, 0.3) is 0 Å². The van der Waals surface area contributed by atoms with Gasteiger partial charge in [0.2, 0.25) is 11.7 Å². The van der Waals surface area contributed by atoms with Crippen LogP contribution < -0.4 is 5.73 Å². The first-order chi connectivity index (χ1) is 15.5. The number of halogens is 4. The molecule has 0 aliphatic carbocycles. The summed E-state index contributed by atoms with van der Waals surface area (Å²) in [6, 6.07) is 12.2. The molecule has 2 aromatic heterocycles. The van der Waals surface area contributed by atoms with Gasteiger partial charge in [0.05, 0.1) is 5.69 Å². The molecule has 33 heavy (non-hydrogen) atoms. The summed E-state index contributed by atoms with van der Waals surface area (Å²) in [6.45, 7) is 3.84. The Morgan fingerprint density at radius 2 is 1.73 bits per heavy atom. The zero-order chi connectivity index (χ0) is 23.8. The van der Waals surface area contributed by atoms with Crippen molar-refractivity contribution >= 4 is 0 Å². The van der Waals surface area contributed by atoms with Crippen LogP contribution in [0.4, 0.5) is 17.6 Å². The first-order valence-electron chi connectivity index (χ1n) is 10.0. The molecule has 0 fully saturated rings. The Labute approximate surface area is 186 Å². The van der Waals surface area contributed by atoms with Gasteiger partial charge in [0, 0.05) is 22.6 Å². The first-order valence-corrected chi connectivity index (χ1v) is 10.0. The Bertz CT molecular complexity index is 1250. The van der Waals surface area contributed by atoms with Crippen molar-refractivity contribution in [2.75, 3.05) is 0 Å². The first kappa shape index (κ1) is 22.7. The standard InChI is InChI=1S/C23H20F4N4O2/c1-22(2,18-12-32-20(29-18)14-6-8-16(24)9-7-14)17(28)11-13-4-3-5-15(10-13)19-30-21(33-31-19)23(25,26)27/h3-10,12,17H,11,28H2,1-2H3. The summed E-state index contributed by atoms with van der Waals surface area (Å²) in [5.41, 5.74) is 8.33. The van der Waals surface area contributed by atoms with E-state index in [1.54, 1.807) is 30.3 Å². The van der Waals surface area contributed by atoms with Crippen molar-refractivity contribution in [3.8, 4) is 22.8 Å². The van der Waals surface area contributed by atoms with E-state index in [1.807, 2.05) is 19.9 Å². The number of hydrogen-bond donors (Lipinski definition) is 1. The lowest BCUT2D eigenvalue weighted by Crippen LogP contribution is -2.42. The molecule has 6 nitrogen and oxygen atoms in total. The van der Waals surface area contributed by atoms with Crippen molar-refractivity contribution in [3.05, 3.63) is 77.8 Å². The van der Waals surface area contributed by atoms with E-state index in [-0.39, 0.29) is 11.6 Å². The van der Waals surface area contributed by atoms with Crippen LogP contribution in [0.1, 0.15) is 31.0 Å². The molecule has 172 valence electrons. The number of alkyl halides is 3. The highest BCUT2D eigenvalue weighted by Gasteiger charge is 2.38. The third-order valence-electron chi connectivity index (χ3n) is 5.49. The minimum Gasteiger partial charge on any atom is -0.444 e. The molecule has 0 aliphatic rings. The monoisotopic (exact) mass is 460 g/mol. The van der Waals surface area contributed by atoms with Crippen LogP contribution in [0.25, 0.3) is 22.8 Å². The van der Waals surface area contributed by atoms with Crippen molar-refractivity contribution in [2.45, 2.75) is 37.9 Å². The smallest absolute Gasteiger partial charge is 0.444 e. The SMILES string of the molecule is CC(C)(c1coc(-c2ccc(F)cc2)n1)C(N)Cc1cccc(-c2noc(C(F)(F)F)n2)c1. The largest absolute Gasteiger partial charge is 0.471 e. The molecular formula is C23H20F4N4O2. The van der Waals surface area contributed by atoms with Crippen LogP contribution in [0, 0.1) is 5.82 Å². The topological polar surface area (TPSA) is 91.0 Å². The number of rotatable bonds is 6. The lowest BCUT2D eigenvalue weighted by atomic mass is 9.79. The van der Waals surface area contributed by atoms with E-state index in [0.717, 1.165) is 5.56 Å². The number of nitrogens with zero attached hydrogens (tertiary/aromatic N) is 3. The summed E-state index contributed by atoms with van der Waals surface area (Å²) >= 11 is 0. The molecule has 0 radical (unpaired) electrons. The fourth-order valence-electron chi connectivity index (χ4n) is 3.29. The van der Waals surface area contributed by atoms with Gasteiger partial charge in [-0.25, -0.2) is 9.37 Å². The van der Waals surface area contributed by atoms with Gasteiger partial charge in [0.15, 0.2) is 0 Å². The van der Waals surface area contributed by atoms with Gasteiger partial charge >= 0.3 is 12.1 Å². The van der Waals surface area contributed by atoms with Gasteiger partial charge in [-0.3, -0.25) is 0 Å². The highest BCUT2D eigenvalue weighted by atomic mass is 19.4. The highest BCUT2D eigenvalue weighted by Crippen LogP contribution is 2.32. The van der Waals surface area contributed by atoms with E-state index >= 15 is 0 Å². The second-order valence-corrected chi connectivity index (χ2v) is 8.20. The minimum absolute atomic E-state index is 0.155. The summed E-state index contributed by atoms with van der Waals surface area (Å²) in [4.78, 5) is 7.95. The molecule has 0 spiro atoms. The van der Waals surface area contributed by atoms with Gasteiger partial charge < -0.3 is 14.7 Å². The van der Waals surface area contributed by atoms with E-state index in [9.17, 15) is 17.6 Å². The number of hydrogen-bond acceptors (Lipinski definition) is 6. The highest BCUT2D eigenvalue weighted by molar-refractivity contribution is 5.56. The minimum atomic E-state index is -4.71. The third kappa shape index (κ3) is 4.80. The molecule has 0 aliphatic heterocycles. The second kappa shape index (κ2) is 8.43. The summed E-state index contributed by atoms with van der Waals surface area (Å²) < 4.78 is 61.3. The number of nitrogens with two attached hydrogens (primary N) is 1. The van der Waals surface area contributed by atoms with Crippen molar-refractivity contribution in [1.29, 1.82) is 0 Å². The van der Waals surface area contributed by atoms with Crippen LogP contribution in [0.2, 0.25) is 0 Å². The number of benzene rings is 2. The van der Waals surface area contributed by atoms with Crippen LogP contribution >= 0.6 is 0 Å². The summed E-state index contributed by atoms with van der Waals surface area (Å²) in [5.74, 6) is -1.56. The van der Waals surface area contributed by atoms with Crippen molar-refractivity contribution in [2.24, 2.45) is 5.73 Å². The van der Waals surface area contributed by atoms with Crippen LogP contribution in [0.3, 0.4) is 0 Å². The van der Waals surface area contributed by atoms with Gasteiger partial charge in [-0.1, -0.05) is 37.2 Å². The molecule has 2 heterocycles. The third-order valence-corrected chi connectivity index (χ3v) is 5.49. The Kier molecular flexibility index (Phi) is 5.79. The molecule has 4 aromatic rings. The maximum Gasteiger partial charge on any atom is 0.471 e. The Morgan fingerprint density at radius 1 is 1.00 bits per heavy atom. The van der Waals surface area contributed by atoms with Gasteiger partial charge in [-0.2, -0.15) is 18.2 Å². The molecule has 2 aromatic carbocycles.